The van der Waals surface area contributed by atoms with Gasteiger partial charge in [-0.15, -0.1) is 0 Å². The highest BCUT2D eigenvalue weighted by Crippen LogP contribution is 2.27. The molecule has 1 fully saturated rings. The third-order valence-corrected chi connectivity index (χ3v) is 4.47. The quantitative estimate of drug-likeness (QED) is 0.825. The molecule has 1 unspecified atom stereocenters. The van der Waals surface area contributed by atoms with Crippen molar-refractivity contribution in [2.24, 2.45) is 0 Å². The van der Waals surface area contributed by atoms with Crippen molar-refractivity contribution in [1.29, 1.82) is 0 Å². The summed E-state index contributed by atoms with van der Waals surface area (Å²) < 4.78 is 27.8. The van der Waals surface area contributed by atoms with Crippen LogP contribution < -0.4 is 5.73 Å². The first-order chi connectivity index (χ1) is 8.00. The first-order valence-electron chi connectivity index (χ1n) is 5.33. The second kappa shape index (κ2) is 4.58. The van der Waals surface area contributed by atoms with Gasteiger partial charge in [-0.1, -0.05) is 0 Å². The van der Waals surface area contributed by atoms with Crippen LogP contribution in [-0.2, 0) is 21.2 Å². The van der Waals surface area contributed by atoms with Gasteiger partial charge in [0.15, 0.2) is 9.84 Å². The van der Waals surface area contributed by atoms with Crippen molar-refractivity contribution < 1.29 is 13.2 Å². The summed E-state index contributed by atoms with van der Waals surface area (Å²) in [6.07, 6.45) is 0.568. The number of hydrogen-bond acceptors (Lipinski definition) is 6. The largest absolute Gasteiger partial charge is 0.384 e. The number of rotatable bonds is 3. The number of nitrogens with two attached hydrogens (primary N) is 1. The molecule has 6 nitrogen and oxygen atoms in total. The first kappa shape index (κ1) is 12.3. The maximum atomic E-state index is 11.4. The van der Waals surface area contributed by atoms with Gasteiger partial charge in [-0.2, -0.15) is 0 Å². The van der Waals surface area contributed by atoms with Gasteiger partial charge in [0.05, 0.1) is 23.8 Å². The molecule has 2 rings (SSSR count). The molecule has 0 aliphatic carbocycles. The molecule has 0 amide bonds. The number of nitrogen functional groups attached to an aromatic ring is 1. The van der Waals surface area contributed by atoms with Crippen molar-refractivity contribution in [2.45, 2.75) is 18.9 Å². The molecule has 0 radical (unpaired) electrons. The zero-order chi connectivity index (χ0) is 12.5. The number of hydrogen-bond donors (Lipinski definition) is 1. The van der Waals surface area contributed by atoms with Crippen molar-refractivity contribution in [3.05, 3.63) is 17.6 Å². The van der Waals surface area contributed by atoms with E-state index in [0.29, 0.717) is 30.4 Å². The third kappa shape index (κ3) is 2.92. The van der Waals surface area contributed by atoms with E-state index in [0.717, 1.165) is 0 Å². The summed E-state index contributed by atoms with van der Waals surface area (Å²) in [7, 11) is -1.37. The number of nitrogens with zero attached hydrogens (tertiary/aromatic N) is 2. The van der Waals surface area contributed by atoms with Crippen LogP contribution in [0, 0.1) is 0 Å². The Balaban J connectivity index is 2.27. The van der Waals surface area contributed by atoms with Crippen molar-refractivity contribution in [3.63, 3.8) is 0 Å². The summed E-state index contributed by atoms with van der Waals surface area (Å²) in [5.74, 6) is 1.04. The first-order valence-corrected chi connectivity index (χ1v) is 7.15. The van der Waals surface area contributed by atoms with Gasteiger partial charge in [-0.25, -0.2) is 18.4 Å². The van der Waals surface area contributed by atoms with Crippen LogP contribution in [0.3, 0.4) is 0 Å². The topological polar surface area (TPSA) is 95.2 Å². The Kier molecular flexibility index (Phi) is 3.30. The Morgan fingerprint density at radius 3 is 2.88 bits per heavy atom. The molecule has 2 heterocycles. The molecule has 0 saturated carbocycles. The lowest BCUT2D eigenvalue weighted by Crippen LogP contribution is -2.10. The molecule has 0 spiro atoms. The Morgan fingerprint density at radius 1 is 1.53 bits per heavy atom. The number of methoxy groups -OCH3 is 1. The molecule has 1 aliphatic rings. The molecule has 17 heavy (non-hydrogen) atoms. The lowest BCUT2D eigenvalue weighted by Gasteiger charge is -2.09. The third-order valence-electron chi connectivity index (χ3n) is 2.71. The average molecular weight is 257 g/mol. The Labute approximate surface area is 100 Å². The minimum Gasteiger partial charge on any atom is -0.384 e. The second-order valence-electron chi connectivity index (χ2n) is 4.18. The minimum absolute atomic E-state index is 0.114. The van der Waals surface area contributed by atoms with Crippen LogP contribution in [0.5, 0.6) is 0 Å². The zero-order valence-corrected chi connectivity index (χ0v) is 10.4. The van der Waals surface area contributed by atoms with E-state index in [-0.39, 0.29) is 17.4 Å². The number of ether oxygens (including phenoxy) is 1. The molecule has 7 heteroatoms. The van der Waals surface area contributed by atoms with Gasteiger partial charge in [0, 0.05) is 19.1 Å². The fourth-order valence-corrected chi connectivity index (χ4v) is 3.68. The predicted octanol–water partition coefficient (Wildman–Crippen LogP) is 0.107. The molecule has 1 atom stereocenters. The number of sulfone groups is 1. The molecule has 1 aliphatic heterocycles. The van der Waals surface area contributed by atoms with Crippen molar-refractivity contribution >= 4 is 15.7 Å². The smallest absolute Gasteiger partial charge is 0.151 e. The van der Waals surface area contributed by atoms with Gasteiger partial charge in [0.1, 0.15) is 11.6 Å². The molecule has 2 N–H and O–H groups in total. The lowest BCUT2D eigenvalue weighted by molar-refractivity contribution is 0.181. The fourth-order valence-electron chi connectivity index (χ4n) is 1.94. The standard InChI is InChI=1S/C10H15N3O3S/c1-16-5-8-4-9(11)13-10(12-8)7-2-3-17(14,15)6-7/h4,7H,2-3,5-6H2,1H3,(H2,11,12,13). The van der Waals surface area contributed by atoms with Crippen LogP contribution in [0.4, 0.5) is 5.82 Å². The van der Waals surface area contributed by atoms with Gasteiger partial charge in [-0.05, 0) is 6.42 Å². The van der Waals surface area contributed by atoms with Crippen LogP contribution in [0.2, 0.25) is 0 Å². The van der Waals surface area contributed by atoms with Crippen molar-refractivity contribution in [3.8, 4) is 0 Å². The Morgan fingerprint density at radius 2 is 2.29 bits per heavy atom. The maximum Gasteiger partial charge on any atom is 0.151 e. The van der Waals surface area contributed by atoms with E-state index in [1.807, 2.05) is 0 Å². The number of anilines is 1. The molecule has 94 valence electrons. The molecular formula is C10H15N3O3S. The summed E-state index contributed by atoms with van der Waals surface area (Å²) in [4.78, 5) is 8.40. The molecule has 0 bridgehead atoms. The van der Waals surface area contributed by atoms with E-state index in [2.05, 4.69) is 9.97 Å². The van der Waals surface area contributed by atoms with Crippen LogP contribution in [-0.4, -0.2) is 37.0 Å². The highest BCUT2D eigenvalue weighted by molar-refractivity contribution is 7.91. The van der Waals surface area contributed by atoms with E-state index in [1.54, 1.807) is 13.2 Å². The monoisotopic (exact) mass is 257 g/mol. The predicted molar refractivity (Wildman–Crippen MR) is 63.2 cm³/mol. The van der Waals surface area contributed by atoms with Crippen molar-refractivity contribution in [1.82, 2.24) is 9.97 Å². The van der Waals surface area contributed by atoms with Gasteiger partial charge >= 0.3 is 0 Å². The Hall–Kier alpha value is -1.21. The number of aromatic nitrogens is 2. The van der Waals surface area contributed by atoms with Crippen molar-refractivity contribution in [2.75, 3.05) is 24.3 Å². The van der Waals surface area contributed by atoms with Gasteiger partial charge in [0.2, 0.25) is 0 Å². The summed E-state index contributed by atoms with van der Waals surface area (Å²) in [5, 5.41) is 0. The van der Waals surface area contributed by atoms with Crippen LogP contribution in [0.15, 0.2) is 6.07 Å². The maximum absolute atomic E-state index is 11.4. The van der Waals surface area contributed by atoms with E-state index in [4.69, 9.17) is 10.5 Å². The van der Waals surface area contributed by atoms with Crippen LogP contribution in [0.25, 0.3) is 0 Å². The SMILES string of the molecule is COCc1cc(N)nc(C2CCS(=O)(=O)C2)n1. The zero-order valence-electron chi connectivity index (χ0n) is 9.59. The van der Waals surface area contributed by atoms with Gasteiger partial charge in [0.25, 0.3) is 0 Å². The van der Waals surface area contributed by atoms with Crippen LogP contribution in [0.1, 0.15) is 23.9 Å². The summed E-state index contributed by atoms with van der Waals surface area (Å²) in [6.45, 7) is 0.346. The normalized spacial score (nSPS) is 22.8. The van der Waals surface area contributed by atoms with Gasteiger partial charge < -0.3 is 10.5 Å². The van der Waals surface area contributed by atoms with Gasteiger partial charge in [-0.3, -0.25) is 0 Å². The second-order valence-corrected chi connectivity index (χ2v) is 6.40. The van der Waals surface area contributed by atoms with Crippen LogP contribution >= 0.6 is 0 Å². The summed E-state index contributed by atoms with van der Waals surface area (Å²) in [5.41, 5.74) is 6.35. The lowest BCUT2D eigenvalue weighted by atomic mass is 10.1. The average Bonchev–Trinajstić information content (AvgIpc) is 2.58. The molecule has 1 aromatic rings. The van der Waals surface area contributed by atoms with E-state index < -0.39 is 9.84 Å². The molecule has 1 aromatic heterocycles. The Bertz CT molecular complexity index is 516. The van der Waals surface area contributed by atoms with E-state index >= 15 is 0 Å². The summed E-state index contributed by atoms with van der Waals surface area (Å²) >= 11 is 0. The van der Waals surface area contributed by atoms with E-state index in [1.165, 1.54) is 0 Å². The highest BCUT2D eigenvalue weighted by atomic mass is 32.2. The van der Waals surface area contributed by atoms with E-state index in [9.17, 15) is 8.42 Å². The summed E-state index contributed by atoms with van der Waals surface area (Å²) in [6, 6.07) is 1.64. The highest BCUT2D eigenvalue weighted by Gasteiger charge is 2.31. The molecular weight excluding hydrogens is 242 g/mol. The molecule has 1 saturated heterocycles. The fraction of sp³-hybridized carbons (Fsp3) is 0.600. The minimum atomic E-state index is -2.93. The molecule has 0 aromatic carbocycles.